The van der Waals surface area contributed by atoms with E-state index in [1.165, 1.54) is 62.4 Å². The van der Waals surface area contributed by atoms with E-state index >= 15 is 0 Å². The standard InChI is InChI=1S/C21H38N4/c1-15(2)21-14-23(10-7-11-24(21)12-19-8-9-19)13-20-17(5)22-25(16(3)4)18(20)6/h15-16,19,21H,7-14H2,1-6H3/t21-/m0/s1. The third-order valence-electron chi connectivity index (χ3n) is 6.14. The summed E-state index contributed by atoms with van der Waals surface area (Å²) in [5.74, 6) is 1.71. The SMILES string of the molecule is Cc1nn(C(C)C)c(C)c1CN1CCCN(CC2CC2)[C@H](C(C)C)C1. The Kier molecular flexibility index (Phi) is 5.89. The van der Waals surface area contributed by atoms with Crippen molar-refractivity contribution in [3.8, 4) is 0 Å². The molecule has 2 heterocycles. The van der Waals surface area contributed by atoms with Gasteiger partial charge in [0, 0.05) is 43.0 Å². The van der Waals surface area contributed by atoms with Crippen molar-refractivity contribution in [1.29, 1.82) is 0 Å². The minimum Gasteiger partial charge on any atom is -0.299 e. The molecule has 1 aliphatic heterocycles. The van der Waals surface area contributed by atoms with Crippen LogP contribution in [0.15, 0.2) is 0 Å². The van der Waals surface area contributed by atoms with Crippen LogP contribution in [-0.2, 0) is 6.54 Å². The molecule has 2 aliphatic rings. The summed E-state index contributed by atoms with van der Waals surface area (Å²) in [7, 11) is 0. The zero-order valence-corrected chi connectivity index (χ0v) is 17.3. The van der Waals surface area contributed by atoms with Gasteiger partial charge in [-0.1, -0.05) is 13.8 Å². The lowest BCUT2D eigenvalue weighted by Gasteiger charge is -2.34. The second-order valence-corrected chi connectivity index (χ2v) is 9.03. The molecule has 142 valence electrons. The van der Waals surface area contributed by atoms with Crippen molar-refractivity contribution in [2.75, 3.05) is 26.2 Å². The summed E-state index contributed by atoms with van der Waals surface area (Å²) in [5, 5.41) is 4.79. The highest BCUT2D eigenvalue weighted by Crippen LogP contribution is 2.32. The second-order valence-electron chi connectivity index (χ2n) is 9.03. The maximum Gasteiger partial charge on any atom is 0.0641 e. The van der Waals surface area contributed by atoms with Gasteiger partial charge < -0.3 is 0 Å². The minimum absolute atomic E-state index is 0.439. The van der Waals surface area contributed by atoms with Crippen LogP contribution in [0, 0.1) is 25.7 Å². The van der Waals surface area contributed by atoms with E-state index in [0.29, 0.717) is 12.1 Å². The lowest BCUT2D eigenvalue weighted by atomic mass is 10.0. The molecule has 1 aromatic heterocycles. The van der Waals surface area contributed by atoms with Crippen LogP contribution in [0.25, 0.3) is 0 Å². The van der Waals surface area contributed by atoms with Crippen LogP contribution in [0.5, 0.6) is 0 Å². The van der Waals surface area contributed by atoms with Gasteiger partial charge in [0.2, 0.25) is 0 Å². The van der Waals surface area contributed by atoms with Crippen LogP contribution in [0.1, 0.15) is 70.0 Å². The third-order valence-corrected chi connectivity index (χ3v) is 6.14. The third kappa shape index (κ3) is 4.46. The first-order valence-electron chi connectivity index (χ1n) is 10.4. The summed E-state index contributed by atoms with van der Waals surface area (Å²) in [5.41, 5.74) is 4.02. The summed E-state index contributed by atoms with van der Waals surface area (Å²) in [6.07, 6.45) is 4.21. The van der Waals surface area contributed by atoms with E-state index in [4.69, 9.17) is 5.10 Å². The molecular formula is C21H38N4. The topological polar surface area (TPSA) is 24.3 Å². The molecular weight excluding hydrogens is 308 g/mol. The zero-order chi connectivity index (χ0) is 18.1. The quantitative estimate of drug-likeness (QED) is 0.777. The van der Waals surface area contributed by atoms with Crippen LogP contribution in [0.2, 0.25) is 0 Å². The summed E-state index contributed by atoms with van der Waals surface area (Å²) in [6.45, 7) is 19.8. The molecule has 0 N–H and O–H groups in total. The smallest absolute Gasteiger partial charge is 0.0641 e. The molecule has 0 amide bonds. The molecule has 4 nitrogen and oxygen atoms in total. The van der Waals surface area contributed by atoms with Crippen molar-refractivity contribution in [3.63, 3.8) is 0 Å². The fourth-order valence-electron chi connectivity index (χ4n) is 4.42. The monoisotopic (exact) mass is 346 g/mol. The Morgan fingerprint density at radius 3 is 2.36 bits per heavy atom. The molecule has 0 unspecified atom stereocenters. The van der Waals surface area contributed by atoms with Crippen molar-refractivity contribution in [3.05, 3.63) is 17.0 Å². The van der Waals surface area contributed by atoms with Gasteiger partial charge >= 0.3 is 0 Å². The van der Waals surface area contributed by atoms with Gasteiger partial charge in [-0.05, 0) is 71.9 Å². The lowest BCUT2D eigenvalue weighted by molar-refractivity contribution is 0.131. The first-order chi connectivity index (χ1) is 11.9. The van der Waals surface area contributed by atoms with Crippen molar-refractivity contribution in [1.82, 2.24) is 19.6 Å². The molecule has 0 radical (unpaired) electrons. The van der Waals surface area contributed by atoms with E-state index in [1.807, 2.05) is 0 Å². The predicted molar refractivity (Wildman–Crippen MR) is 105 cm³/mol. The molecule has 4 heteroatoms. The average Bonchev–Trinajstić information content (AvgIpc) is 3.33. The van der Waals surface area contributed by atoms with Crippen LogP contribution < -0.4 is 0 Å². The van der Waals surface area contributed by atoms with Crippen LogP contribution >= 0.6 is 0 Å². The Labute approximate surface area is 154 Å². The maximum absolute atomic E-state index is 4.79. The molecule has 1 saturated carbocycles. The zero-order valence-electron chi connectivity index (χ0n) is 17.3. The number of nitrogens with zero attached hydrogens (tertiary/aromatic N) is 4. The Hall–Kier alpha value is -0.870. The Morgan fingerprint density at radius 2 is 1.80 bits per heavy atom. The fraction of sp³-hybridized carbons (Fsp3) is 0.857. The number of aromatic nitrogens is 2. The van der Waals surface area contributed by atoms with Gasteiger partial charge in [0.15, 0.2) is 0 Å². The highest BCUT2D eigenvalue weighted by atomic mass is 15.3. The highest BCUT2D eigenvalue weighted by molar-refractivity contribution is 5.25. The van der Waals surface area contributed by atoms with Crippen molar-refractivity contribution in [2.24, 2.45) is 11.8 Å². The molecule has 0 spiro atoms. The molecule has 0 aromatic carbocycles. The largest absolute Gasteiger partial charge is 0.299 e. The van der Waals surface area contributed by atoms with Gasteiger partial charge in [-0.3, -0.25) is 14.5 Å². The molecule has 25 heavy (non-hydrogen) atoms. The lowest BCUT2D eigenvalue weighted by Crippen LogP contribution is -2.45. The predicted octanol–water partition coefficient (Wildman–Crippen LogP) is 4.02. The molecule has 3 rings (SSSR count). The van der Waals surface area contributed by atoms with Crippen LogP contribution in [-0.4, -0.2) is 51.8 Å². The minimum atomic E-state index is 0.439. The first kappa shape index (κ1) is 18.9. The second kappa shape index (κ2) is 7.79. The van der Waals surface area contributed by atoms with E-state index in [2.05, 4.69) is 56.0 Å². The van der Waals surface area contributed by atoms with Gasteiger partial charge in [0.1, 0.15) is 0 Å². The number of rotatable bonds is 6. The van der Waals surface area contributed by atoms with Gasteiger partial charge in [-0.15, -0.1) is 0 Å². The van der Waals surface area contributed by atoms with Crippen molar-refractivity contribution >= 4 is 0 Å². The number of hydrogen-bond acceptors (Lipinski definition) is 3. The van der Waals surface area contributed by atoms with E-state index in [0.717, 1.165) is 18.4 Å². The molecule has 1 atom stereocenters. The molecule has 1 aromatic rings. The van der Waals surface area contributed by atoms with E-state index in [-0.39, 0.29) is 0 Å². The van der Waals surface area contributed by atoms with E-state index in [9.17, 15) is 0 Å². The van der Waals surface area contributed by atoms with E-state index < -0.39 is 0 Å². The fourth-order valence-corrected chi connectivity index (χ4v) is 4.42. The number of hydrogen-bond donors (Lipinski definition) is 0. The van der Waals surface area contributed by atoms with Crippen molar-refractivity contribution < 1.29 is 0 Å². The first-order valence-corrected chi connectivity index (χ1v) is 10.4. The molecule has 0 bridgehead atoms. The molecule has 2 fully saturated rings. The van der Waals surface area contributed by atoms with Gasteiger partial charge in [0.25, 0.3) is 0 Å². The maximum atomic E-state index is 4.79. The Bertz CT molecular complexity index is 571. The van der Waals surface area contributed by atoms with Crippen LogP contribution in [0.3, 0.4) is 0 Å². The van der Waals surface area contributed by atoms with Gasteiger partial charge in [-0.2, -0.15) is 5.10 Å². The summed E-state index contributed by atoms with van der Waals surface area (Å²) in [4.78, 5) is 5.50. The van der Waals surface area contributed by atoms with Crippen molar-refractivity contribution in [2.45, 2.75) is 79.4 Å². The summed E-state index contributed by atoms with van der Waals surface area (Å²) < 4.78 is 2.20. The molecule has 1 saturated heterocycles. The van der Waals surface area contributed by atoms with E-state index in [1.54, 1.807) is 0 Å². The van der Waals surface area contributed by atoms with Crippen LogP contribution in [0.4, 0.5) is 0 Å². The summed E-state index contributed by atoms with van der Waals surface area (Å²) >= 11 is 0. The number of aryl methyl sites for hydroxylation is 1. The summed E-state index contributed by atoms with van der Waals surface area (Å²) in [6, 6.07) is 1.14. The highest BCUT2D eigenvalue weighted by Gasteiger charge is 2.32. The molecule has 1 aliphatic carbocycles. The average molecular weight is 347 g/mol. The normalized spacial score (nSPS) is 23.6. The Balaban J connectivity index is 1.72. The van der Waals surface area contributed by atoms with Gasteiger partial charge in [0.05, 0.1) is 5.69 Å². The Morgan fingerprint density at radius 1 is 1.08 bits per heavy atom. The van der Waals surface area contributed by atoms with Gasteiger partial charge in [-0.25, -0.2) is 0 Å².